The van der Waals surface area contributed by atoms with Crippen LogP contribution < -0.4 is 10.5 Å². The second-order valence-electron chi connectivity index (χ2n) is 6.12. The van der Waals surface area contributed by atoms with Crippen molar-refractivity contribution in [2.24, 2.45) is 5.73 Å². The molecule has 0 aliphatic heterocycles. The summed E-state index contributed by atoms with van der Waals surface area (Å²) in [6, 6.07) is 9.17. The minimum absolute atomic E-state index is 0.0995. The summed E-state index contributed by atoms with van der Waals surface area (Å²) in [7, 11) is 1.70. The topological polar surface area (TPSA) is 38.5 Å². The van der Waals surface area contributed by atoms with Gasteiger partial charge in [0.15, 0.2) is 0 Å². The molecule has 0 aliphatic carbocycles. The second-order valence-corrected chi connectivity index (χ2v) is 6.12. The zero-order valence-electron chi connectivity index (χ0n) is 14.3. The Morgan fingerprint density at radius 3 is 2.14 bits per heavy atom. The van der Waals surface area contributed by atoms with Crippen LogP contribution >= 0.6 is 0 Å². The maximum absolute atomic E-state index is 6.31. The number of hydrogen-bond donors (Lipinski definition) is 1. The average molecular weight is 292 g/mol. The standard InChI is InChI=1S/C18H32N2O/c1-6-7-8-13-20(14(2)3)18(15(4)19)16-9-11-17(21-5)12-10-16/h9-12,14-15,18H,6-8,13,19H2,1-5H3. The van der Waals surface area contributed by atoms with E-state index in [1.807, 2.05) is 12.1 Å². The molecule has 1 rings (SSSR count). The molecule has 0 spiro atoms. The molecule has 0 amide bonds. The van der Waals surface area contributed by atoms with Crippen molar-refractivity contribution in [1.82, 2.24) is 4.90 Å². The van der Waals surface area contributed by atoms with Crippen molar-refractivity contribution in [3.8, 4) is 5.75 Å². The number of nitrogens with zero attached hydrogens (tertiary/aromatic N) is 1. The first-order valence-electron chi connectivity index (χ1n) is 8.16. The van der Waals surface area contributed by atoms with Gasteiger partial charge >= 0.3 is 0 Å². The predicted molar refractivity (Wildman–Crippen MR) is 90.8 cm³/mol. The number of rotatable bonds is 9. The molecule has 2 unspecified atom stereocenters. The van der Waals surface area contributed by atoms with Crippen molar-refractivity contribution in [2.45, 2.75) is 65.1 Å². The Labute approximate surface area is 130 Å². The summed E-state index contributed by atoms with van der Waals surface area (Å²) in [6.45, 7) is 9.95. The lowest BCUT2D eigenvalue weighted by atomic mass is 9.97. The monoisotopic (exact) mass is 292 g/mol. The number of ether oxygens (including phenoxy) is 1. The summed E-state index contributed by atoms with van der Waals surface area (Å²) < 4.78 is 5.25. The Morgan fingerprint density at radius 2 is 1.71 bits per heavy atom. The quantitative estimate of drug-likeness (QED) is 0.700. The molecule has 0 saturated heterocycles. The summed E-state index contributed by atoms with van der Waals surface area (Å²) in [4.78, 5) is 2.53. The molecule has 2 N–H and O–H groups in total. The fraction of sp³-hybridized carbons (Fsp3) is 0.667. The number of hydrogen-bond acceptors (Lipinski definition) is 3. The predicted octanol–water partition coefficient (Wildman–Crippen LogP) is 3.98. The van der Waals surface area contributed by atoms with Crippen LogP contribution in [0.25, 0.3) is 0 Å². The first kappa shape index (κ1) is 18.0. The van der Waals surface area contributed by atoms with Crippen LogP contribution in [-0.2, 0) is 0 Å². The molecule has 0 bridgehead atoms. The van der Waals surface area contributed by atoms with Gasteiger partial charge in [-0.1, -0.05) is 31.9 Å². The second kappa shape index (κ2) is 9.06. The van der Waals surface area contributed by atoms with Crippen LogP contribution in [0.2, 0.25) is 0 Å². The third kappa shape index (κ3) is 5.33. The normalized spacial score (nSPS) is 14.5. The van der Waals surface area contributed by atoms with Crippen LogP contribution in [0, 0.1) is 0 Å². The molecule has 3 nitrogen and oxygen atoms in total. The number of nitrogens with two attached hydrogens (primary N) is 1. The van der Waals surface area contributed by atoms with Gasteiger partial charge in [0.25, 0.3) is 0 Å². The largest absolute Gasteiger partial charge is 0.497 e. The Balaban J connectivity index is 2.94. The van der Waals surface area contributed by atoms with Crippen molar-refractivity contribution in [1.29, 1.82) is 0 Å². The maximum Gasteiger partial charge on any atom is 0.118 e. The molecular formula is C18H32N2O. The molecule has 1 aromatic carbocycles. The van der Waals surface area contributed by atoms with Crippen molar-refractivity contribution < 1.29 is 4.74 Å². The smallest absolute Gasteiger partial charge is 0.118 e. The molecule has 1 aromatic rings. The summed E-state index contributed by atoms with van der Waals surface area (Å²) in [5.74, 6) is 0.893. The van der Waals surface area contributed by atoms with Gasteiger partial charge in [0, 0.05) is 18.1 Å². The third-order valence-corrected chi connectivity index (χ3v) is 4.00. The van der Waals surface area contributed by atoms with Gasteiger partial charge in [-0.3, -0.25) is 4.90 Å². The molecule has 2 atom stereocenters. The Bertz CT molecular complexity index is 387. The van der Waals surface area contributed by atoms with Crippen LogP contribution in [0.15, 0.2) is 24.3 Å². The highest BCUT2D eigenvalue weighted by Gasteiger charge is 2.25. The highest BCUT2D eigenvalue weighted by atomic mass is 16.5. The number of benzene rings is 1. The summed E-state index contributed by atoms with van der Waals surface area (Å²) in [5.41, 5.74) is 7.58. The van der Waals surface area contributed by atoms with E-state index < -0.39 is 0 Å². The molecule has 0 aromatic heterocycles. The van der Waals surface area contributed by atoms with E-state index in [2.05, 4.69) is 44.7 Å². The van der Waals surface area contributed by atoms with Gasteiger partial charge in [-0.2, -0.15) is 0 Å². The van der Waals surface area contributed by atoms with Crippen LogP contribution in [-0.4, -0.2) is 30.6 Å². The van der Waals surface area contributed by atoms with E-state index in [0.717, 1.165) is 12.3 Å². The van der Waals surface area contributed by atoms with E-state index in [9.17, 15) is 0 Å². The zero-order chi connectivity index (χ0) is 15.8. The molecule has 0 saturated carbocycles. The van der Waals surface area contributed by atoms with Crippen LogP contribution in [0.1, 0.15) is 58.6 Å². The lowest BCUT2D eigenvalue weighted by molar-refractivity contribution is 0.133. The fourth-order valence-electron chi connectivity index (χ4n) is 2.86. The van der Waals surface area contributed by atoms with Crippen LogP contribution in [0.3, 0.4) is 0 Å². The van der Waals surface area contributed by atoms with Gasteiger partial charge in [0.05, 0.1) is 7.11 Å². The van der Waals surface area contributed by atoms with Gasteiger partial charge in [-0.05, 0) is 51.4 Å². The van der Waals surface area contributed by atoms with E-state index in [0.29, 0.717) is 6.04 Å². The molecule has 0 aliphatic rings. The molecule has 3 heteroatoms. The summed E-state index contributed by atoms with van der Waals surface area (Å²) in [6.07, 6.45) is 3.75. The molecule has 0 fully saturated rings. The van der Waals surface area contributed by atoms with Crippen molar-refractivity contribution in [3.05, 3.63) is 29.8 Å². The lowest BCUT2D eigenvalue weighted by Crippen LogP contribution is -2.43. The lowest BCUT2D eigenvalue weighted by Gasteiger charge is -2.37. The minimum atomic E-state index is 0.0995. The van der Waals surface area contributed by atoms with Crippen molar-refractivity contribution in [3.63, 3.8) is 0 Å². The SMILES string of the molecule is CCCCCN(C(C)C)C(c1ccc(OC)cc1)C(C)N. The minimum Gasteiger partial charge on any atom is -0.497 e. The van der Waals surface area contributed by atoms with Gasteiger partial charge in [-0.25, -0.2) is 0 Å². The Morgan fingerprint density at radius 1 is 1.10 bits per heavy atom. The van der Waals surface area contributed by atoms with Gasteiger partial charge in [-0.15, -0.1) is 0 Å². The molecule has 0 radical (unpaired) electrons. The molecule has 0 heterocycles. The summed E-state index contributed by atoms with van der Waals surface area (Å²) in [5, 5.41) is 0. The molecule has 21 heavy (non-hydrogen) atoms. The van der Waals surface area contributed by atoms with E-state index >= 15 is 0 Å². The highest BCUT2D eigenvalue weighted by Crippen LogP contribution is 2.27. The van der Waals surface area contributed by atoms with E-state index in [4.69, 9.17) is 10.5 Å². The first-order valence-corrected chi connectivity index (χ1v) is 8.16. The van der Waals surface area contributed by atoms with E-state index in [1.165, 1.54) is 24.8 Å². The molecule has 120 valence electrons. The average Bonchev–Trinajstić information content (AvgIpc) is 2.46. The van der Waals surface area contributed by atoms with Gasteiger partial charge < -0.3 is 10.5 Å². The van der Waals surface area contributed by atoms with Gasteiger partial charge in [0.2, 0.25) is 0 Å². The fourth-order valence-corrected chi connectivity index (χ4v) is 2.86. The first-order chi connectivity index (χ1) is 10.0. The maximum atomic E-state index is 6.31. The van der Waals surface area contributed by atoms with Crippen LogP contribution in [0.5, 0.6) is 5.75 Å². The number of methoxy groups -OCH3 is 1. The van der Waals surface area contributed by atoms with Crippen molar-refractivity contribution >= 4 is 0 Å². The van der Waals surface area contributed by atoms with Gasteiger partial charge in [0.1, 0.15) is 5.75 Å². The number of unbranched alkanes of at least 4 members (excludes halogenated alkanes) is 2. The zero-order valence-corrected chi connectivity index (χ0v) is 14.3. The highest BCUT2D eigenvalue weighted by molar-refractivity contribution is 5.30. The Kier molecular flexibility index (Phi) is 7.76. The Hall–Kier alpha value is -1.06. The molecular weight excluding hydrogens is 260 g/mol. The van der Waals surface area contributed by atoms with Crippen LogP contribution in [0.4, 0.5) is 0 Å². The summed E-state index contributed by atoms with van der Waals surface area (Å²) >= 11 is 0. The third-order valence-electron chi connectivity index (χ3n) is 4.00. The van der Waals surface area contributed by atoms with E-state index in [1.54, 1.807) is 7.11 Å². The van der Waals surface area contributed by atoms with Crippen molar-refractivity contribution in [2.75, 3.05) is 13.7 Å². The van der Waals surface area contributed by atoms with E-state index in [-0.39, 0.29) is 12.1 Å².